The fraction of sp³-hybridized carbons (Fsp3) is 0.548. The second kappa shape index (κ2) is 11.5. The van der Waals surface area contributed by atoms with E-state index in [1.54, 1.807) is 6.92 Å². The van der Waals surface area contributed by atoms with E-state index in [-0.39, 0.29) is 48.7 Å². The van der Waals surface area contributed by atoms with Crippen LogP contribution in [0.1, 0.15) is 50.7 Å². The largest absolute Gasteiger partial charge is 0.472 e. The van der Waals surface area contributed by atoms with E-state index in [0.29, 0.717) is 26.1 Å². The summed E-state index contributed by atoms with van der Waals surface area (Å²) < 4.78 is 116. The molecule has 2 aromatic heterocycles. The number of hydrogen-bond donors (Lipinski definition) is 2. The van der Waals surface area contributed by atoms with E-state index in [4.69, 9.17) is 15.2 Å². The van der Waals surface area contributed by atoms with E-state index in [1.807, 2.05) is 16.7 Å². The summed E-state index contributed by atoms with van der Waals surface area (Å²) in [5, 5.41) is 13.1. The van der Waals surface area contributed by atoms with Crippen molar-refractivity contribution in [2.75, 3.05) is 43.4 Å². The van der Waals surface area contributed by atoms with Gasteiger partial charge in [-0.25, -0.2) is 22.5 Å². The first-order chi connectivity index (χ1) is 22.8. The second-order valence-corrected chi connectivity index (χ2v) is 12.8. The van der Waals surface area contributed by atoms with Crippen molar-refractivity contribution in [2.24, 2.45) is 0 Å². The molecule has 0 amide bonds. The van der Waals surface area contributed by atoms with Gasteiger partial charge in [-0.2, -0.15) is 28.4 Å². The Kier molecular flexibility index (Phi) is 7.74. The van der Waals surface area contributed by atoms with Crippen LogP contribution >= 0.6 is 0 Å². The van der Waals surface area contributed by atoms with Gasteiger partial charge in [-0.1, -0.05) is 6.92 Å². The van der Waals surface area contributed by atoms with Crippen LogP contribution in [0, 0.1) is 28.8 Å². The molecule has 1 aromatic carbocycles. The Labute approximate surface area is 270 Å². The highest BCUT2D eigenvalue weighted by molar-refractivity contribution is 5.98. The van der Waals surface area contributed by atoms with Crippen molar-refractivity contribution in [3.8, 4) is 29.2 Å². The van der Waals surface area contributed by atoms with E-state index in [2.05, 4.69) is 20.3 Å². The van der Waals surface area contributed by atoms with Gasteiger partial charge in [0.15, 0.2) is 17.5 Å². The molecule has 3 fully saturated rings. The maximum Gasteiger partial charge on any atom is 0.420 e. The van der Waals surface area contributed by atoms with Crippen molar-refractivity contribution in [3.05, 3.63) is 28.6 Å². The van der Waals surface area contributed by atoms with Gasteiger partial charge in [0, 0.05) is 37.7 Å². The van der Waals surface area contributed by atoms with Gasteiger partial charge in [-0.15, -0.1) is 0 Å². The lowest BCUT2D eigenvalue weighted by Gasteiger charge is -2.42. The van der Waals surface area contributed by atoms with Crippen molar-refractivity contribution in [1.82, 2.24) is 25.2 Å². The number of benzene rings is 1. The van der Waals surface area contributed by atoms with Gasteiger partial charge in [0.2, 0.25) is 5.88 Å². The molecule has 5 atom stereocenters. The lowest BCUT2D eigenvalue weighted by molar-refractivity contribution is -0.139. The fourth-order valence-electron chi connectivity index (χ4n) is 7.63. The van der Waals surface area contributed by atoms with Gasteiger partial charge < -0.3 is 25.4 Å². The Morgan fingerprint density at radius 1 is 1.15 bits per heavy atom. The predicted molar refractivity (Wildman–Crippen MR) is 159 cm³/mol. The molecule has 6 heterocycles. The zero-order valence-electron chi connectivity index (χ0n) is 25.9. The lowest BCUT2D eigenvalue weighted by Crippen LogP contribution is -2.60. The molecule has 0 aliphatic carbocycles. The minimum absolute atomic E-state index is 0.00919. The van der Waals surface area contributed by atoms with Gasteiger partial charge >= 0.3 is 12.2 Å². The summed E-state index contributed by atoms with van der Waals surface area (Å²) in [6, 6.07) is 0.602. The molecule has 0 spiro atoms. The van der Waals surface area contributed by atoms with Crippen molar-refractivity contribution < 1.29 is 40.2 Å². The number of pyridine rings is 1. The highest BCUT2D eigenvalue weighted by Crippen LogP contribution is 2.48. The number of rotatable bonds is 5. The van der Waals surface area contributed by atoms with Crippen LogP contribution in [0.25, 0.3) is 22.2 Å². The number of nitrogens with zero attached hydrogens (tertiary/aromatic N) is 6. The molecule has 4 aliphatic heterocycles. The topological polar surface area (TPSA) is 125 Å². The molecule has 0 radical (unpaired) electrons. The Morgan fingerprint density at radius 2 is 1.92 bits per heavy atom. The molecular formula is C31H31F7N8O2. The number of fused-ring (bicyclic) bond motifs is 3. The third kappa shape index (κ3) is 4.94. The number of nitriles is 1. The standard InChI is InChI=1S/C31H31F7N8O2/c1-3-15-11-46-17(9-41-15)13(2)48-28-19-26(43-29(44-27(19)46)47-12-30-5-4-6-45(30)10-14(32)7-30)23(35)25(42-28)18-16(8-39)24(40)22(34)21(33)20(18)31(36,37)38/h13-15,17,41H,3-7,9-12,40H2,1-2H3/t13-,14+,15+,17-,30-/m0/s1. The fourth-order valence-corrected chi connectivity index (χ4v) is 7.63. The SMILES string of the molecule is CC[C@@H]1CN2c3nc(OC[C@@]45CCCN4C[C@H](F)C5)nc4c(F)c(-c5c(C#N)c(N)c(F)c(F)c5C(F)(F)F)nc(c34)O[C@@H](C)[C@@H]2CN1. The number of ether oxygens (including phenoxy) is 2. The number of nitrogens with one attached hydrogen (secondary N) is 1. The maximum atomic E-state index is 16.8. The zero-order valence-corrected chi connectivity index (χ0v) is 25.9. The molecule has 0 saturated carbocycles. The molecule has 7 rings (SSSR count). The van der Waals surface area contributed by atoms with Crippen LogP contribution < -0.4 is 25.4 Å². The number of piperazine rings is 1. The van der Waals surface area contributed by atoms with Crippen molar-refractivity contribution >= 4 is 22.4 Å². The van der Waals surface area contributed by atoms with E-state index in [1.165, 1.54) is 6.07 Å². The second-order valence-electron chi connectivity index (χ2n) is 12.8. The van der Waals surface area contributed by atoms with Gasteiger partial charge in [0.1, 0.15) is 52.9 Å². The van der Waals surface area contributed by atoms with Crippen LogP contribution in [0.4, 0.5) is 42.2 Å². The summed E-state index contributed by atoms with van der Waals surface area (Å²) >= 11 is 0. The van der Waals surface area contributed by atoms with Crippen LogP contribution in [0.2, 0.25) is 0 Å². The normalized spacial score (nSPS) is 27.0. The van der Waals surface area contributed by atoms with E-state index < -0.39 is 81.1 Å². The Morgan fingerprint density at radius 3 is 2.62 bits per heavy atom. The van der Waals surface area contributed by atoms with Gasteiger partial charge in [0.05, 0.1) is 22.8 Å². The quantitative estimate of drug-likeness (QED) is 0.285. The molecule has 10 nitrogen and oxygen atoms in total. The Bertz CT molecular complexity index is 1850. The number of anilines is 2. The molecule has 0 bridgehead atoms. The molecule has 3 aromatic rings. The Balaban J connectivity index is 1.48. The summed E-state index contributed by atoms with van der Waals surface area (Å²) in [6.45, 7) is 5.35. The predicted octanol–water partition coefficient (Wildman–Crippen LogP) is 4.87. The van der Waals surface area contributed by atoms with Crippen LogP contribution in [-0.4, -0.2) is 82.5 Å². The first kappa shape index (κ1) is 32.4. The summed E-state index contributed by atoms with van der Waals surface area (Å²) in [7, 11) is 0. The molecule has 48 heavy (non-hydrogen) atoms. The third-order valence-electron chi connectivity index (χ3n) is 10.0. The number of alkyl halides is 4. The molecular weight excluding hydrogens is 649 g/mol. The van der Waals surface area contributed by atoms with Crippen molar-refractivity contribution in [3.63, 3.8) is 0 Å². The molecule has 3 N–H and O–H groups in total. The highest BCUT2D eigenvalue weighted by Gasteiger charge is 2.50. The van der Waals surface area contributed by atoms with Crippen molar-refractivity contribution in [2.45, 2.75) is 75.6 Å². The van der Waals surface area contributed by atoms with Gasteiger partial charge in [0.25, 0.3) is 0 Å². The molecule has 17 heteroatoms. The average Bonchev–Trinajstić information content (AvgIpc) is 3.54. The number of nitrogens with two attached hydrogens (primary N) is 1. The van der Waals surface area contributed by atoms with E-state index in [9.17, 15) is 27.2 Å². The monoisotopic (exact) mass is 680 g/mol. The summed E-state index contributed by atoms with van der Waals surface area (Å²) in [5.41, 5.74) is -2.88. The lowest BCUT2D eigenvalue weighted by atomic mass is 9.94. The first-order valence-electron chi connectivity index (χ1n) is 15.7. The first-order valence-corrected chi connectivity index (χ1v) is 15.7. The third-order valence-corrected chi connectivity index (χ3v) is 10.0. The highest BCUT2D eigenvalue weighted by atomic mass is 19.4. The maximum absolute atomic E-state index is 16.8. The minimum Gasteiger partial charge on any atom is -0.472 e. The smallest absolute Gasteiger partial charge is 0.420 e. The summed E-state index contributed by atoms with van der Waals surface area (Å²) in [4.78, 5) is 16.9. The van der Waals surface area contributed by atoms with Crippen molar-refractivity contribution in [1.29, 1.82) is 5.26 Å². The molecule has 0 unspecified atom stereocenters. The Hall–Kier alpha value is -4.17. The molecule has 256 valence electrons. The minimum atomic E-state index is -5.60. The van der Waals surface area contributed by atoms with E-state index in [0.717, 1.165) is 12.8 Å². The van der Waals surface area contributed by atoms with E-state index >= 15 is 8.78 Å². The number of halogens is 7. The van der Waals surface area contributed by atoms with Gasteiger partial charge in [-0.05, 0) is 32.7 Å². The van der Waals surface area contributed by atoms with Gasteiger partial charge in [-0.3, -0.25) is 4.90 Å². The number of aromatic nitrogens is 3. The summed E-state index contributed by atoms with van der Waals surface area (Å²) in [6.07, 6.45) is -4.93. The molecule has 3 saturated heterocycles. The summed E-state index contributed by atoms with van der Waals surface area (Å²) in [5.74, 6) is -6.24. The average molecular weight is 681 g/mol. The molecule has 4 aliphatic rings. The van der Waals surface area contributed by atoms with Crippen LogP contribution in [-0.2, 0) is 6.18 Å². The van der Waals surface area contributed by atoms with Crippen LogP contribution in [0.15, 0.2) is 0 Å². The van der Waals surface area contributed by atoms with Crippen LogP contribution in [0.3, 0.4) is 0 Å². The number of nitrogen functional groups attached to an aromatic ring is 1. The van der Waals surface area contributed by atoms with Crippen LogP contribution in [0.5, 0.6) is 11.9 Å². The zero-order chi connectivity index (χ0) is 34.3. The number of hydrogen-bond acceptors (Lipinski definition) is 10.